The second-order valence-electron chi connectivity index (χ2n) is 4.20. The van der Waals surface area contributed by atoms with E-state index in [1.54, 1.807) is 0 Å². The molecular formula is C13H18N2O4. The van der Waals surface area contributed by atoms with Crippen molar-refractivity contribution in [1.29, 1.82) is 0 Å². The number of hydrogen-bond donors (Lipinski definition) is 4. The number of benzene rings is 1. The van der Waals surface area contributed by atoms with E-state index in [9.17, 15) is 9.59 Å². The number of carboxylic acid groups (broad SMARTS) is 1. The molecule has 5 N–H and O–H groups in total. The van der Waals surface area contributed by atoms with E-state index >= 15 is 0 Å². The van der Waals surface area contributed by atoms with Crippen molar-refractivity contribution in [1.82, 2.24) is 5.32 Å². The van der Waals surface area contributed by atoms with E-state index in [0.717, 1.165) is 5.56 Å². The van der Waals surface area contributed by atoms with Crippen LogP contribution in [0.15, 0.2) is 30.3 Å². The fourth-order valence-corrected chi connectivity index (χ4v) is 1.61. The van der Waals surface area contributed by atoms with Crippen LogP contribution in [-0.2, 0) is 9.59 Å². The van der Waals surface area contributed by atoms with Crippen LogP contribution in [0.5, 0.6) is 0 Å². The molecule has 104 valence electrons. The Morgan fingerprint density at radius 1 is 1.26 bits per heavy atom. The van der Waals surface area contributed by atoms with Crippen molar-refractivity contribution in [3.8, 4) is 0 Å². The zero-order valence-electron chi connectivity index (χ0n) is 10.5. The molecule has 2 unspecified atom stereocenters. The lowest BCUT2D eigenvalue weighted by Crippen LogP contribution is -2.43. The first-order valence-electron chi connectivity index (χ1n) is 5.98. The minimum Gasteiger partial charge on any atom is -0.480 e. The van der Waals surface area contributed by atoms with E-state index in [0.29, 0.717) is 6.42 Å². The molecule has 0 aliphatic carbocycles. The van der Waals surface area contributed by atoms with Crippen molar-refractivity contribution in [2.45, 2.75) is 24.9 Å². The Labute approximate surface area is 111 Å². The van der Waals surface area contributed by atoms with Gasteiger partial charge < -0.3 is 21.3 Å². The molecule has 0 saturated heterocycles. The van der Waals surface area contributed by atoms with E-state index < -0.39 is 24.5 Å². The van der Waals surface area contributed by atoms with Crippen molar-refractivity contribution in [2.24, 2.45) is 5.73 Å². The van der Waals surface area contributed by atoms with Crippen LogP contribution in [0.3, 0.4) is 0 Å². The number of nitrogens with two attached hydrogens (primary N) is 1. The number of aliphatic hydroxyl groups is 1. The van der Waals surface area contributed by atoms with Crippen LogP contribution in [0, 0.1) is 0 Å². The van der Waals surface area contributed by atoms with E-state index in [4.69, 9.17) is 15.9 Å². The van der Waals surface area contributed by atoms with Gasteiger partial charge in [-0.25, -0.2) is 4.79 Å². The lowest BCUT2D eigenvalue weighted by atomic mass is 10.0. The average Bonchev–Trinajstić information content (AvgIpc) is 2.42. The SMILES string of the molecule is NC(CCC(=O)NC(CO)C(=O)O)c1ccccc1. The summed E-state index contributed by atoms with van der Waals surface area (Å²) in [7, 11) is 0. The first-order valence-corrected chi connectivity index (χ1v) is 5.98. The van der Waals surface area contributed by atoms with Gasteiger partial charge in [-0.3, -0.25) is 4.79 Å². The van der Waals surface area contributed by atoms with Crippen LogP contribution in [-0.4, -0.2) is 34.7 Å². The zero-order valence-corrected chi connectivity index (χ0v) is 10.5. The molecule has 1 aromatic carbocycles. The molecule has 0 radical (unpaired) electrons. The first-order chi connectivity index (χ1) is 9.04. The van der Waals surface area contributed by atoms with Crippen molar-refractivity contribution in [3.05, 3.63) is 35.9 Å². The quantitative estimate of drug-likeness (QED) is 0.556. The topological polar surface area (TPSA) is 113 Å². The third kappa shape index (κ3) is 5.07. The highest BCUT2D eigenvalue weighted by Gasteiger charge is 2.19. The van der Waals surface area contributed by atoms with Crippen LogP contribution in [0.4, 0.5) is 0 Å². The molecule has 0 aromatic heterocycles. The largest absolute Gasteiger partial charge is 0.480 e. The van der Waals surface area contributed by atoms with Gasteiger partial charge in [0.15, 0.2) is 0 Å². The number of carboxylic acids is 1. The standard InChI is InChI=1S/C13H18N2O4/c14-10(9-4-2-1-3-5-9)6-7-12(17)15-11(8-16)13(18)19/h1-5,10-11,16H,6-8,14H2,(H,15,17)(H,18,19). The molecule has 0 fully saturated rings. The molecule has 6 nitrogen and oxygen atoms in total. The van der Waals surface area contributed by atoms with Crippen LogP contribution in [0.2, 0.25) is 0 Å². The Morgan fingerprint density at radius 2 is 1.89 bits per heavy atom. The lowest BCUT2D eigenvalue weighted by Gasteiger charge is -2.14. The zero-order chi connectivity index (χ0) is 14.3. The highest BCUT2D eigenvalue weighted by Crippen LogP contribution is 2.14. The molecule has 0 bridgehead atoms. The smallest absolute Gasteiger partial charge is 0.328 e. The van der Waals surface area contributed by atoms with Gasteiger partial charge >= 0.3 is 5.97 Å². The van der Waals surface area contributed by atoms with Gasteiger partial charge in [-0.05, 0) is 12.0 Å². The number of aliphatic carboxylic acids is 1. The first kappa shape index (κ1) is 15.1. The highest BCUT2D eigenvalue weighted by atomic mass is 16.4. The normalized spacial score (nSPS) is 13.6. The van der Waals surface area contributed by atoms with E-state index in [2.05, 4.69) is 5.32 Å². The maximum absolute atomic E-state index is 11.5. The Morgan fingerprint density at radius 3 is 2.42 bits per heavy atom. The molecule has 0 saturated carbocycles. The van der Waals surface area contributed by atoms with Crippen LogP contribution in [0.1, 0.15) is 24.4 Å². The number of rotatable bonds is 7. The molecular weight excluding hydrogens is 248 g/mol. The van der Waals surface area contributed by atoms with Crippen molar-refractivity contribution >= 4 is 11.9 Å². The number of nitrogens with one attached hydrogen (secondary N) is 1. The van der Waals surface area contributed by atoms with Crippen LogP contribution in [0.25, 0.3) is 0 Å². The molecule has 0 spiro atoms. The fraction of sp³-hybridized carbons (Fsp3) is 0.385. The molecule has 2 atom stereocenters. The summed E-state index contributed by atoms with van der Waals surface area (Å²) in [4.78, 5) is 22.1. The highest BCUT2D eigenvalue weighted by molar-refractivity contribution is 5.83. The summed E-state index contributed by atoms with van der Waals surface area (Å²) in [5.41, 5.74) is 6.84. The van der Waals surface area contributed by atoms with Gasteiger partial charge in [-0.15, -0.1) is 0 Å². The summed E-state index contributed by atoms with van der Waals surface area (Å²) in [6, 6.07) is 7.81. The molecule has 0 aliphatic rings. The number of carbonyl (C=O) groups is 2. The average molecular weight is 266 g/mol. The predicted molar refractivity (Wildman–Crippen MR) is 69.3 cm³/mol. The second-order valence-corrected chi connectivity index (χ2v) is 4.20. The minimum absolute atomic E-state index is 0.111. The molecule has 6 heteroatoms. The summed E-state index contributed by atoms with van der Waals surface area (Å²) in [6.45, 7) is -0.633. The van der Waals surface area contributed by atoms with E-state index in [1.165, 1.54) is 0 Å². The van der Waals surface area contributed by atoms with Gasteiger partial charge in [0.05, 0.1) is 6.61 Å². The molecule has 19 heavy (non-hydrogen) atoms. The summed E-state index contributed by atoms with van der Waals surface area (Å²) in [5.74, 6) is -1.70. The van der Waals surface area contributed by atoms with Crippen LogP contribution < -0.4 is 11.1 Å². The monoisotopic (exact) mass is 266 g/mol. The third-order valence-corrected chi connectivity index (χ3v) is 2.73. The maximum Gasteiger partial charge on any atom is 0.328 e. The lowest BCUT2D eigenvalue weighted by molar-refractivity contribution is -0.142. The Kier molecular flexibility index (Phi) is 5.98. The number of amides is 1. The van der Waals surface area contributed by atoms with Crippen LogP contribution >= 0.6 is 0 Å². The fourth-order valence-electron chi connectivity index (χ4n) is 1.61. The summed E-state index contributed by atoms with van der Waals surface area (Å²) in [5, 5.41) is 19.7. The summed E-state index contributed by atoms with van der Waals surface area (Å²) >= 11 is 0. The third-order valence-electron chi connectivity index (χ3n) is 2.73. The molecule has 0 aliphatic heterocycles. The maximum atomic E-state index is 11.5. The Hall–Kier alpha value is -1.92. The van der Waals surface area contributed by atoms with Crippen molar-refractivity contribution in [2.75, 3.05) is 6.61 Å². The number of carbonyl (C=O) groups excluding carboxylic acids is 1. The van der Waals surface area contributed by atoms with Gasteiger partial charge in [0.25, 0.3) is 0 Å². The summed E-state index contributed by atoms with van der Waals surface area (Å²) in [6.07, 6.45) is 0.521. The summed E-state index contributed by atoms with van der Waals surface area (Å²) < 4.78 is 0. The van der Waals surface area contributed by atoms with E-state index in [-0.39, 0.29) is 12.5 Å². The Balaban J connectivity index is 2.40. The van der Waals surface area contributed by atoms with Crippen molar-refractivity contribution in [3.63, 3.8) is 0 Å². The van der Waals surface area contributed by atoms with Gasteiger partial charge in [0.1, 0.15) is 6.04 Å². The van der Waals surface area contributed by atoms with Gasteiger partial charge in [0.2, 0.25) is 5.91 Å². The number of hydrogen-bond acceptors (Lipinski definition) is 4. The van der Waals surface area contributed by atoms with Gasteiger partial charge in [-0.2, -0.15) is 0 Å². The van der Waals surface area contributed by atoms with Gasteiger partial charge in [-0.1, -0.05) is 30.3 Å². The number of aliphatic hydroxyl groups excluding tert-OH is 1. The molecule has 0 heterocycles. The van der Waals surface area contributed by atoms with Gasteiger partial charge in [0, 0.05) is 12.5 Å². The van der Waals surface area contributed by atoms with Crippen molar-refractivity contribution < 1.29 is 19.8 Å². The predicted octanol–water partition coefficient (Wildman–Crippen LogP) is 0.0283. The minimum atomic E-state index is -1.26. The molecule has 1 aromatic rings. The van der Waals surface area contributed by atoms with E-state index in [1.807, 2.05) is 30.3 Å². The molecule has 1 rings (SSSR count). The second kappa shape index (κ2) is 7.50. The molecule has 1 amide bonds. The Bertz CT molecular complexity index is 422.